The third kappa shape index (κ3) is 2.67. The number of amides is 1. The van der Waals surface area contributed by atoms with Gasteiger partial charge in [0.1, 0.15) is 11.5 Å². The Labute approximate surface area is 136 Å². The first-order valence-corrected chi connectivity index (χ1v) is 7.55. The first-order chi connectivity index (χ1) is 11.2. The van der Waals surface area contributed by atoms with Crippen LogP contribution in [0.5, 0.6) is 0 Å². The first-order valence-electron chi connectivity index (χ1n) is 7.55. The van der Waals surface area contributed by atoms with Crippen molar-refractivity contribution in [2.45, 2.75) is 38.9 Å². The lowest BCUT2D eigenvalue weighted by Crippen LogP contribution is -2.31. The van der Waals surface area contributed by atoms with Crippen LogP contribution in [0.2, 0.25) is 0 Å². The molecule has 1 saturated heterocycles. The maximum atomic E-state index is 12.9. The molecule has 6 nitrogen and oxygen atoms in total. The Kier molecular flexibility index (Phi) is 3.89. The molecule has 0 unspecified atom stereocenters. The molecule has 1 atom stereocenters. The molecular weight excluding hydrogens is 325 g/mol. The van der Waals surface area contributed by atoms with E-state index in [-0.39, 0.29) is 11.7 Å². The predicted molar refractivity (Wildman–Crippen MR) is 77.2 cm³/mol. The molecule has 0 N–H and O–H groups in total. The van der Waals surface area contributed by atoms with Gasteiger partial charge in [-0.3, -0.25) is 9.48 Å². The molecule has 2 aromatic rings. The number of halogens is 3. The minimum Gasteiger partial charge on any atom is -0.361 e. The van der Waals surface area contributed by atoms with Gasteiger partial charge in [0.15, 0.2) is 5.69 Å². The van der Waals surface area contributed by atoms with Crippen molar-refractivity contribution in [3.8, 4) is 0 Å². The number of rotatable bonds is 2. The summed E-state index contributed by atoms with van der Waals surface area (Å²) in [6.45, 7) is 4.01. The molecule has 0 bridgehead atoms. The van der Waals surface area contributed by atoms with E-state index in [0.29, 0.717) is 29.1 Å². The number of likely N-dealkylation sites (tertiary alicyclic amines) is 1. The van der Waals surface area contributed by atoms with E-state index in [9.17, 15) is 18.0 Å². The highest BCUT2D eigenvalue weighted by Gasteiger charge is 2.39. The van der Waals surface area contributed by atoms with Gasteiger partial charge in [-0.1, -0.05) is 5.16 Å². The molecular formula is C15H17F3N4O2. The summed E-state index contributed by atoms with van der Waals surface area (Å²) in [6.07, 6.45) is -3.07. The van der Waals surface area contributed by atoms with Crippen molar-refractivity contribution in [1.29, 1.82) is 0 Å². The van der Waals surface area contributed by atoms with E-state index in [4.69, 9.17) is 4.52 Å². The number of alkyl halides is 3. The highest BCUT2D eigenvalue weighted by atomic mass is 19.4. The maximum absolute atomic E-state index is 12.9. The average molecular weight is 342 g/mol. The second-order valence-corrected chi connectivity index (χ2v) is 5.93. The number of carbonyl (C=O) groups excluding carboxylic acids is 1. The molecule has 130 valence electrons. The van der Waals surface area contributed by atoms with Gasteiger partial charge < -0.3 is 9.42 Å². The topological polar surface area (TPSA) is 64.2 Å². The molecule has 3 heterocycles. The van der Waals surface area contributed by atoms with Crippen LogP contribution in [0, 0.1) is 13.8 Å². The Balaban J connectivity index is 1.92. The zero-order valence-electron chi connectivity index (χ0n) is 13.5. The van der Waals surface area contributed by atoms with Gasteiger partial charge in [0, 0.05) is 25.2 Å². The monoisotopic (exact) mass is 342 g/mol. The summed E-state index contributed by atoms with van der Waals surface area (Å²) >= 11 is 0. The van der Waals surface area contributed by atoms with Gasteiger partial charge in [-0.25, -0.2) is 0 Å². The Morgan fingerprint density at radius 3 is 2.62 bits per heavy atom. The summed E-state index contributed by atoms with van der Waals surface area (Å²) < 4.78 is 44.5. The Hall–Kier alpha value is -2.32. The maximum Gasteiger partial charge on any atom is 0.433 e. The Bertz CT molecular complexity index is 759. The number of hydrogen-bond acceptors (Lipinski definition) is 4. The molecule has 3 rings (SSSR count). The summed E-state index contributed by atoms with van der Waals surface area (Å²) in [5.74, 6) is 0.109. The van der Waals surface area contributed by atoms with E-state index in [1.54, 1.807) is 18.7 Å². The molecule has 9 heteroatoms. The molecule has 0 saturated carbocycles. The molecule has 1 fully saturated rings. The van der Waals surface area contributed by atoms with Crippen molar-refractivity contribution in [3.05, 3.63) is 34.5 Å². The average Bonchev–Trinajstić information content (AvgIpc) is 3.17. The minimum atomic E-state index is -4.55. The summed E-state index contributed by atoms with van der Waals surface area (Å²) in [6, 6.07) is 0.547. The molecule has 1 amide bonds. The molecule has 1 aliphatic rings. The van der Waals surface area contributed by atoms with Gasteiger partial charge >= 0.3 is 6.18 Å². The van der Waals surface area contributed by atoms with Crippen molar-refractivity contribution in [1.82, 2.24) is 19.8 Å². The van der Waals surface area contributed by atoms with Crippen LogP contribution in [0.3, 0.4) is 0 Å². The van der Waals surface area contributed by atoms with Crippen LogP contribution >= 0.6 is 0 Å². The van der Waals surface area contributed by atoms with Crippen LogP contribution in [0.25, 0.3) is 0 Å². The van der Waals surface area contributed by atoms with Crippen LogP contribution in [-0.2, 0) is 13.2 Å². The highest BCUT2D eigenvalue weighted by Crippen LogP contribution is 2.37. The summed E-state index contributed by atoms with van der Waals surface area (Å²) in [5.41, 5.74) is 0.365. The molecule has 2 aromatic heterocycles. The SMILES string of the molecule is Cc1noc(C)c1[C@@H]1CCCN1C(=O)c1cc(C(F)(F)F)n(C)n1. The largest absolute Gasteiger partial charge is 0.433 e. The van der Waals surface area contributed by atoms with E-state index in [1.807, 2.05) is 0 Å². The minimum absolute atomic E-state index is 0.205. The van der Waals surface area contributed by atoms with Gasteiger partial charge in [0.2, 0.25) is 0 Å². The van der Waals surface area contributed by atoms with Crippen LogP contribution < -0.4 is 0 Å². The van der Waals surface area contributed by atoms with E-state index < -0.39 is 17.8 Å². The van der Waals surface area contributed by atoms with Crippen molar-refractivity contribution < 1.29 is 22.5 Å². The zero-order valence-corrected chi connectivity index (χ0v) is 13.5. The van der Waals surface area contributed by atoms with Crippen LogP contribution in [0.4, 0.5) is 13.2 Å². The quantitative estimate of drug-likeness (QED) is 0.841. The number of nitrogens with zero attached hydrogens (tertiary/aromatic N) is 4. The zero-order chi connectivity index (χ0) is 17.6. The fourth-order valence-corrected chi connectivity index (χ4v) is 3.26. The van der Waals surface area contributed by atoms with Gasteiger partial charge in [-0.15, -0.1) is 0 Å². The van der Waals surface area contributed by atoms with Crippen LogP contribution in [-0.4, -0.2) is 32.3 Å². The third-order valence-corrected chi connectivity index (χ3v) is 4.32. The van der Waals surface area contributed by atoms with E-state index in [1.165, 1.54) is 7.05 Å². The molecule has 0 aromatic carbocycles. The molecule has 24 heavy (non-hydrogen) atoms. The van der Waals surface area contributed by atoms with E-state index in [2.05, 4.69) is 10.3 Å². The normalized spacial score (nSPS) is 18.4. The fraction of sp³-hybridized carbons (Fsp3) is 0.533. The summed E-state index contributed by atoms with van der Waals surface area (Å²) in [5, 5.41) is 7.64. The first kappa shape index (κ1) is 16.5. The van der Waals surface area contributed by atoms with Gasteiger partial charge in [-0.05, 0) is 26.7 Å². The van der Waals surface area contributed by atoms with Gasteiger partial charge in [0.25, 0.3) is 5.91 Å². The van der Waals surface area contributed by atoms with E-state index in [0.717, 1.165) is 18.1 Å². The number of carbonyl (C=O) groups is 1. The van der Waals surface area contributed by atoms with Crippen molar-refractivity contribution in [2.24, 2.45) is 7.05 Å². The lowest BCUT2D eigenvalue weighted by molar-refractivity contribution is -0.143. The highest BCUT2D eigenvalue weighted by molar-refractivity contribution is 5.93. The number of aromatic nitrogens is 3. The number of hydrogen-bond donors (Lipinski definition) is 0. The van der Waals surface area contributed by atoms with Gasteiger partial charge in [0.05, 0.1) is 11.7 Å². The third-order valence-electron chi connectivity index (χ3n) is 4.32. The Morgan fingerprint density at radius 2 is 2.08 bits per heavy atom. The second kappa shape index (κ2) is 5.64. The van der Waals surface area contributed by atoms with Crippen molar-refractivity contribution in [2.75, 3.05) is 6.54 Å². The molecule has 0 radical (unpaired) electrons. The molecule has 0 spiro atoms. The second-order valence-electron chi connectivity index (χ2n) is 5.93. The summed E-state index contributed by atoms with van der Waals surface area (Å²) in [7, 11) is 1.18. The van der Waals surface area contributed by atoms with Crippen molar-refractivity contribution >= 4 is 5.91 Å². The van der Waals surface area contributed by atoms with Crippen LogP contribution in [0.15, 0.2) is 10.6 Å². The number of aryl methyl sites for hydroxylation is 3. The fourth-order valence-electron chi connectivity index (χ4n) is 3.26. The van der Waals surface area contributed by atoms with Crippen molar-refractivity contribution in [3.63, 3.8) is 0 Å². The standard InChI is InChI=1S/C15H17F3N4O2/c1-8-13(9(2)24-20-8)11-5-4-6-22(11)14(23)10-7-12(15(16,17)18)21(3)19-10/h7,11H,4-6H2,1-3H3/t11-/m0/s1. The Morgan fingerprint density at radius 1 is 1.38 bits per heavy atom. The van der Waals surface area contributed by atoms with Crippen LogP contribution in [0.1, 0.15) is 52.1 Å². The smallest absolute Gasteiger partial charge is 0.361 e. The lowest BCUT2D eigenvalue weighted by atomic mass is 10.0. The molecule has 1 aliphatic heterocycles. The lowest BCUT2D eigenvalue weighted by Gasteiger charge is -2.23. The van der Waals surface area contributed by atoms with Gasteiger partial charge in [-0.2, -0.15) is 18.3 Å². The molecule has 0 aliphatic carbocycles. The predicted octanol–water partition coefficient (Wildman–Crippen LogP) is 3.02. The summed E-state index contributed by atoms with van der Waals surface area (Å²) in [4.78, 5) is 14.3. The van der Waals surface area contributed by atoms with E-state index >= 15 is 0 Å².